The lowest BCUT2D eigenvalue weighted by atomic mass is 10.2. The summed E-state index contributed by atoms with van der Waals surface area (Å²) in [4.78, 5) is 8.37. The number of rotatable bonds is 2. The van der Waals surface area contributed by atoms with E-state index in [1.54, 1.807) is 18.2 Å². The van der Waals surface area contributed by atoms with Gasteiger partial charge in [-0.2, -0.15) is 0 Å². The number of nitrogens with one attached hydrogen (secondary N) is 1. The first-order valence-corrected chi connectivity index (χ1v) is 7.59. The summed E-state index contributed by atoms with van der Waals surface area (Å²) in [5, 5.41) is 13.5. The number of hydrogen-bond donors (Lipinski definition) is 2. The third-order valence-electron chi connectivity index (χ3n) is 2.66. The predicted molar refractivity (Wildman–Crippen MR) is 93.6 cm³/mol. The Morgan fingerprint density at radius 3 is 2.23 bits per heavy atom. The van der Waals surface area contributed by atoms with Gasteiger partial charge in [-0.15, -0.1) is 0 Å². The number of benzene rings is 2. The minimum absolute atomic E-state index is 0.202. The minimum Gasteiger partial charge on any atom is -0.508 e. The number of hydrogen-bond acceptors (Lipinski definition) is 4. The first-order valence-electron chi connectivity index (χ1n) is 7.59. The van der Waals surface area contributed by atoms with Crippen molar-refractivity contribution < 1.29 is 5.11 Å². The third-order valence-corrected chi connectivity index (χ3v) is 2.66. The van der Waals surface area contributed by atoms with E-state index in [-0.39, 0.29) is 5.75 Å². The van der Waals surface area contributed by atoms with E-state index in [0.717, 1.165) is 16.6 Å². The molecular weight excluding hydrogens is 274 g/mol. The molecule has 0 amide bonds. The van der Waals surface area contributed by atoms with Gasteiger partial charge in [-0.05, 0) is 30.3 Å². The molecule has 4 nitrogen and oxygen atoms in total. The Hall–Kier alpha value is -2.62. The second kappa shape index (κ2) is 9.34. The maximum atomic E-state index is 9.54. The number of aromatic nitrogens is 2. The number of phenolic OH excluding ortho intramolecular Hbond substituents is 1. The Kier molecular flexibility index (Phi) is 7.40. The van der Waals surface area contributed by atoms with Gasteiger partial charge in [0.25, 0.3) is 0 Å². The van der Waals surface area contributed by atoms with E-state index in [1.165, 1.54) is 6.33 Å². The lowest BCUT2D eigenvalue weighted by Gasteiger charge is -2.08. The van der Waals surface area contributed by atoms with Crippen LogP contribution < -0.4 is 5.32 Å². The average Bonchev–Trinajstić information content (AvgIpc) is 2.60. The minimum atomic E-state index is 0.202. The van der Waals surface area contributed by atoms with Crippen LogP contribution >= 0.6 is 0 Å². The molecule has 0 aliphatic carbocycles. The SMILES string of the molecule is CC.CC.Oc1ccc2ncnc(Nc3ccccc3)c2c1. The lowest BCUT2D eigenvalue weighted by Crippen LogP contribution is -1.95. The van der Waals surface area contributed by atoms with Crippen LogP contribution in [0.2, 0.25) is 0 Å². The highest BCUT2D eigenvalue weighted by Crippen LogP contribution is 2.25. The molecule has 0 radical (unpaired) electrons. The summed E-state index contributed by atoms with van der Waals surface area (Å²) in [7, 11) is 0. The first kappa shape index (κ1) is 17.4. The molecule has 0 saturated carbocycles. The number of aromatic hydroxyl groups is 1. The van der Waals surface area contributed by atoms with Gasteiger partial charge < -0.3 is 10.4 Å². The molecule has 0 spiro atoms. The van der Waals surface area contributed by atoms with Gasteiger partial charge in [0, 0.05) is 11.1 Å². The van der Waals surface area contributed by atoms with Crippen molar-refractivity contribution in [3.05, 3.63) is 54.9 Å². The standard InChI is InChI=1S/C14H11N3O.2C2H6/c18-11-6-7-13-12(8-11)14(16-9-15-13)17-10-4-2-1-3-5-10;2*1-2/h1-9,18H,(H,15,16,17);2*1-2H3. The summed E-state index contributed by atoms with van der Waals surface area (Å²) in [6, 6.07) is 14.8. The van der Waals surface area contributed by atoms with Gasteiger partial charge in [-0.1, -0.05) is 45.9 Å². The molecule has 0 saturated heterocycles. The zero-order valence-corrected chi connectivity index (χ0v) is 13.5. The van der Waals surface area contributed by atoms with Gasteiger partial charge in [0.15, 0.2) is 0 Å². The average molecular weight is 297 g/mol. The quantitative estimate of drug-likeness (QED) is 0.688. The fourth-order valence-electron chi connectivity index (χ4n) is 1.80. The van der Waals surface area contributed by atoms with Crippen LogP contribution in [0.3, 0.4) is 0 Å². The molecule has 0 aliphatic rings. The smallest absolute Gasteiger partial charge is 0.141 e. The molecule has 2 N–H and O–H groups in total. The molecule has 1 heterocycles. The molecule has 3 rings (SSSR count). The van der Waals surface area contributed by atoms with Crippen LogP contribution in [0, 0.1) is 0 Å². The Bertz CT molecular complexity index is 684. The van der Waals surface area contributed by atoms with Crippen molar-refractivity contribution >= 4 is 22.4 Å². The summed E-state index contributed by atoms with van der Waals surface area (Å²) in [5.41, 5.74) is 1.74. The number of fused-ring (bicyclic) bond motifs is 1. The Morgan fingerprint density at radius 2 is 1.55 bits per heavy atom. The van der Waals surface area contributed by atoms with Crippen LogP contribution in [0.4, 0.5) is 11.5 Å². The molecule has 4 heteroatoms. The van der Waals surface area contributed by atoms with Gasteiger partial charge in [0.2, 0.25) is 0 Å². The number of para-hydroxylation sites is 1. The topological polar surface area (TPSA) is 58.0 Å². The van der Waals surface area contributed by atoms with E-state index in [1.807, 2.05) is 58.0 Å². The van der Waals surface area contributed by atoms with Crippen molar-refractivity contribution in [3.8, 4) is 5.75 Å². The monoisotopic (exact) mass is 297 g/mol. The number of phenols is 1. The molecule has 2 aromatic carbocycles. The number of anilines is 2. The van der Waals surface area contributed by atoms with Crippen LogP contribution in [0.5, 0.6) is 5.75 Å². The Labute approximate surface area is 131 Å². The van der Waals surface area contributed by atoms with Crippen molar-refractivity contribution in [2.45, 2.75) is 27.7 Å². The molecule has 22 heavy (non-hydrogen) atoms. The van der Waals surface area contributed by atoms with Crippen LogP contribution in [0.1, 0.15) is 27.7 Å². The Balaban J connectivity index is 0.000000561. The van der Waals surface area contributed by atoms with E-state index < -0.39 is 0 Å². The van der Waals surface area contributed by atoms with Gasteiger partial charge >= 0.3 is 0 Å². The van der Waals surface area contributed by atoms with E-state index in [2.05, 4.69) is 15.3 Å². The van der Waals surface area contributed by atoms with Crippen molar-refractivity contribution in [1.29, 1.82) is 0 Å². The van der Waals surface area contributed by atoms with Crippen molar-refractivity contribution in [2.24, 2.45) is 0 Å². The maximum absolute atomic E-state index is 9.54. The summed E-state index contributed by atoms with van der Waals surface area (Å²) < 4.78 is 0. The van der Waals surface area contributed by atoms with Crippen LogP contribution in [-0.2, 0) is 0 Å². The van der Waals surface area contributed by atoms with E-state index in [0.29, 0.717) is 5.82 Å². The molecular formula is C18H23N3O. The maximum Gasteiger partial charge on any atom is 0.141 e. The van der Waals surface area contributed by atoms with E-state index in [9.17, 15) is 5.11 Å². The zero-order valence-electron chi connectivity index (χ0n) is 13.5. The highest BCUT2D eigenvalue weighted by Gasteiger charge is 2.04. The highest BCUT2D eigenvalue weighted by molar-refractivity contribution is 5.91. The largest absolute Gasteiger partial charge is 0.508 e. The first-order chi connectivity index (χ1) is 10.8. The molecule has 3 aromatic rings. The van der Waals surface area contributed by atoms with Crippen molar-refractivity contribution in [1.82, 2.24) is 9.97 Å². The molecule has 0 unspecified atom stereocenters. The Morgan fingerprint density at radius 1 is 0.864 bits per heavy atom. The lowest BCUT2D eigenvalue weighted by molar-refractivity contribution is 0.476. The summed E-state index contributed by atoms with van der Waals surface area (Å²) in [6.45, 7) is 8.00. The third kappa shape index (κ3) is 4.45. The molecule has 116 valence electrons. The molecule has 0 bridgehead atoms. The fourth-order valence-corrected chi connectivity index (χ4v) is 1.80. The van der Waals surface area contributed by atoms with Crippen LogP contribution in [0.15, 0.2) is 54.9 Å². The zero-order chi connectivity index (χ0) is 16.4. The van der Waals surface area contributed by atoms with Crippen LogP contribution in [0.25, 0.3) is 10.9 Å². The van der Waals surface area contributed by atoms with Gasteiger partial charge in [-0.25, -0.2) is 9.97 Å². The second-order valence-electron chi connectivity index (χ2n) is 3.91. The van der Waals surface area contributed by atoms with Gasteiger partial charge in [-0.3, -0.25) is 0 Å². The van der Waals surface area contributed by atoms with E-state index in [4.69, 9.17) is 0 Å². The van der Waals surface area contributed by atoms with Crippen LogP contribution in [-0.4, -0.2) is 15.1 Å². The summed E-state index contributed by atoms with van der Waals surface area (Å²) in [5.74, 6) is 0.885. The number of nitrogens with zero attached hydrogens (tertiary/aromatic N) is 2. The molecule has 1 aromatic heterocycles. The summed E-state index contributed by atoms with van der Waals surface area (Å²) in [6.07, 6.45) is 1.50. The van der Waals surface area contributed by atoms with Crippen molar-refractivity contribution in [2.75, 3.05) is 5.32 Å². The van der Waals surface area contributed by atoms with Crippen molar-refractivity contribution in [3.63, 3.8) is 0 Å². The predicted octanol–water partition coefficient (Wildman–Crippen LogP) is 5.13. The van der Waals surface area contributed by atoms with Gasteiger partial charge in [0.05, 0.1) is 5.52 Å². The normalized spacial score (nSPS) is 9.09. The van der Waals surface area contributed by atoms with Gasteiger partial charge in [0.1, 0.15) is 17.9 Å². The fraction of sp³-hybridized carbons (Fsp3) is 0.222. The molecule has 0 atom stereocenters. The second-order valence-corrected chi connectivity index (χ2v) is 3.91. The van der Waals surface area contributed by atoms with E-state index >= 15 is 0 Å². The highest BCUT2D eigenvalue weighted by atomic mass is 16.3. The summed E-state index contributed by atoms with van der Waals surface area (Å²) >= 11 is 0. The molecule has 0 fully saturated rings. The molecule has 0 aliphatic heterocycles.